The predicted octanol–water partition coefficient (Wildman–Crippen LogP) is 3.89. The molecule has 0 heterocycles. The van der Waals surface area contributed by atoms with Crippen LogP contribution in [0, 0.1) is 5.92 Å². The monoisotopic (exact) mass is 283 g/mol. The Labute approximate surface area is 125 Å². The third-order valence-electron chi connectivity index (χ3n) is 4.46. The molecule has 2 aliphatic carbocycles. The SMILES string of the molecule is CC(=O)Nc1ccc2c(c1)CCC(=CC1CCCC1)C2=O. The van der Waals surface area contributed by atoms with Crippen molar-refractivity contribution < 1.29 is 9.59 Å². The van der Waals surface area contributed by atoms with Crippen LogP contribution in [0.5, 0.6) is 0 Å². The summed E-state index contributed by atoms with van der Waals surface area (Å²) < 4.78 is 0. The first kappa shape index (κ1) is 14.1. The van der Waals surface area contributed by atoms with Gasteiger partial charge in [0.1, 0.15) is 0 Å². The number of carbonyl (C=O) groups is 2. The maximum absolute atomic E-state index is 12.6. The van der Waals surface area contributed by atoms with E-state index in [1.54, 1.807) is 0 Å². The summed E-state index contributed by atoms with van der Waals surface area (Å²) in [4.78, 5) is 23.7. The fourth-order valence-corrected chi connectivity index (χ4v) is 3.43. The second-order valence-corrected chi connectivity index (χ2v) is 6.12. The molecule has 0 bridgehead atoms. The lowest BCUT2D eigenvalue weighted by molar-refractivity contribution is -0.114. The zero-order chi connectivity index (χ0) is 14.8. The molecule has 0 unspecified atom stereocenters. The highest BCUT2D eigenvalue weighted by Gasteiger charge is 2.24. The van der Waals surface area contributed by atoms with Crippen molar-refractivity contribution in [3.05, 3.63) is 41.0 Å². The van der Waals surface area contributed by atoms with Gasteiger partial charge in [0.15, 0.2) is 5.78 Å². The van der Waals surface area contributed by atoms with E-state index in [2.05, 4.69) is 11.4 Å². The molecule has 0 spiro atoms. The van der Waals surface area contributed by atoms with Crippen LogP contribution in [0.3, 0.4) is 0 Å². The molecule has 0 aliphatic heterocycles. The van der Waals surface area contributed by atoms with Gasteiger partial charge >= 0.3 is 0 Å². The van der Waals surface area contributed by atoms with Crippen LogP contribution in [-0.4, -0.2) is 11.7 Å². The summed E-state index contributed by atoms with van der Waals surface area (Å²) >= 11 is 0. The number of fused-ring (bicyclic) bond motifs is 1. The minimum absolute atomic E-state index is 0.0843. The van der Waals surface area contributed by atoms with E-state index in [-0.39, 0.29) is 11.7 Å². The summed E-state index contributed by atoms with van der Waals surface area (Å²) in [7, 11) is 0. The van der Waals surface area contributed by atoms with Crippen molar-refractivity contribution in [3.8, 4) is 0 Å². The first-order chi connectivity index (χ1) is 10.1. The number of nitrogens with one attached hydrogen (secondary N) is 1. The van der Waals surface area contributed by atoms with Gasteiger partial charge in [-0.1, -0.05) is 18.9 Å². The van der Waals surface area contributed by atoms with E-state index in [4.69, 9.17) is 0 Å². The fourth-order valence-electron chi connectivity index (χ4n) is 3.43. The van der Waals surface area contributed by atoms with Crippen molar-refractivity contribution in [2.45, 2.75) is 45.4 Å². The summed E-state index contributed by atoms with van der Waals surface area (Å²) in [6.45, 7) is 1.49. The molecule has 1 fully saturated rings. The molecule has 0 atom stereocenters. The second-order valence-electron chi connectivity index (χ2n) is 6.12. The molecule has 2 aliphatic rings. The molecular formula is C18H21NO2. The molecule has 0 radical (unpaired) electrons. The van der Waals surface area contributed by atoms with Gasteiger partial charge in [0.2, 0.25) is 5.91 Å². The zero-order valence-electron chi connectivity index (χ0n) is 12.4. The van der Waals surface area contributed by atoms with Gasteiger partial charge in [-0.05, 0) is 60.9 Å². The number of anilines is 1. The van der Waals surface area contributed by atoms with Crippen molar-refractivity contribution in [2.24, 2.45) is 5.92 Å². The number of carbonyl (C=O) groups excluding carboxylic acids is 2. The van der Waals surface area contributed by atoms with Crippen LogP contribution in [-0.2, 0) is 11.2 Å². The van der Waals surface area contributed by atoms with E-state index in [0.717, 1.165) is 35.2 Å². The van der Waals surface area contributed by atoms with Crippen LogP contribution < -0.4 is 5.32 Å². The van der Waals surface area contributed by atoms with Gasteiger partial charge in [-0.15, -0.1) is 0 Å². The summed E-state index contributed by atoms with van der Waals surface area (Å²) in [6, 6.07) is 5.60. The number of hydrogen-bond acceptors (Lipinski definition) is 2. The van der Waals surface area contributed by atoms with Gasteiger partial charge in [0, 0.05) is 18.2 Å². The highest BCUT2D eigenvalue weighted by molar-refractivity contribution is 6.11. The van der Waals surface area contributed by atoms with Crippen molar-refractivity contribution in [3.63, 3.8) is 0 Å². The van der Waals surface area contributed by atoms with E-state index in [0.29, 0.717) is 5.92 Å². The molecule has 1 aromatic rings. The maximum atomic E-state index is 12.6. The predicted molar refractivity (Wildman–Crippen MR) is 83.4 cm³/mol. The van der Waals surface area contributed by atoms with Crippen LogP contribution in [0.25, 0.3) is 0 Å². The average molecular weight is 283 g/mol. The topological polar surface area (TPSA) is 46.2 Å². The molecule has 1 N–H and O–H groups in total. The Kier molecular flexibility index (Phi) is 3.91. The maximum Gasteiger partial charge on any atom is 0.221 e. The molecule has 1 amide bonds. The fraction of sp³-hybridized carbons (Fsp3) is 0.444. The van der Waals surface area contributed by atoms with Crippen LogP contribution in [0.2, 0.25) is 0 Å². The minimum atomic E-state index is -0.0843. The van der Waals surface area contributed by atoms with Crippen molar-refractivity contribution in [1.82, 2.24) is 0 Å². The Morgan fingerprint density at radius 3 is 2.71 bits per heavy atom. The van der Waals surface area contributed by atoms with Crippen molar-refractivity contribution in [1.29, 1.82) is 0 Å². The average Bonchev–Trinajstić information content (AvgIpc) is 2.94. The number of Topliss-reactive ketones (excluding diaryl/α,β-unsaturated/α-hetero) is 1. The standard InChI is InChI=1S/C18H21NO2/c1-12(20)19-16-8-9-17-14(11-16)6-7-15(18(17)21)10-13-4-2-3-5-13/h8-11,13H,2-7H2,1H3,(H,19,20). The number of hydrogen-bond donors (Lipinski definition) is 1. The highest BCUT2D eigenvalue weighted by atomic mass is 16.1. The summed E-state index contributed by atoms with van der Waals surface area (Å²) in [5.74, 6) is 0.695. The molecule has 3 nitrogen and oxygen atoms in total. The Morgan fingerprint density at radius 2 is 2.00 bits per heavy atom. The van der Waals surface area contributed by atoms with Crippen LogP contribution >= 0.6 is 0 Å². The largest absolute Gasteiger partial charge is 0.326 e. The smallest absolute Gasteiger partial charge is 0.221 e. The molecule has 110 valence electrons. The van der Waals surface area contributed by atoms with Gasteiger partial charge < -0.3 is 5.32 Å². The van der Waals surface area contributed by atoms with Crippen LogP contribution in [0.15, 0.2) is 29.8 Å². The number of benzene rings is 1. The highest BCUT2D eigenvalue weighted by Crippen LogP contribution is 2.32. The number of aryl methyl sites for hydroxylation is 1. The van der Waals surface area contributed by atoms with Crippen LogP contribution in [0.1, 0.15) is 54.9 Å². The van der Waals surface area contributed by atoms with Gasteiger partial charge in [-0.2, -0.15) is 0 Å². The van der Waals surface area contributed by atoms with E-state index in [9.17, 15) is 9.59 Å². The minimum Gasteiger partial charge on any atom is -0.326 e. The van der Waals surface area contributed by atoms with E-state index < -0.39 is 0 Å². The summed E-state index contributed by atoms with van der Waals surface area (Å²) in [5, 5.41) is 2.77. The Balaban J connectivity index is 1.83. The second kappa shape index (κ2) is 5.84. The molecule has 21 heavy (non-hydrogen) atoms. The molecule has 3 rings (SSSR count). The first-order valence-corrected chi connectivity index (χ1v) is 7.79. The normalized spacial score (nSPS) is 20.6. The van der Waals surface area contributed by atoms with E-state index in [1.165, 1.54) is 32.6 Å². The lowest BCUT2D eigenvalue weighted by atomic mass is 9.85. The Hall–Kier alpha value is -1.90. The number of ketones is 1. The lowest BCUT2D eigenvalue weighted by Gasteiger charge is -2.19. The van der Waals surface area contributed by atoms with Crippen molar-refractivity contribution >= 4 is 17.4 Å². The molecule has 3 heteroatoms. The van der Waals surface area contributed by atoms with Crippen molar-refractivity contribution in [2.75, 3.05) is 5.32 Å². The van der Waals surface area contributed by atoms with Gasteiger partial charge in [-0.3, -0.25) is 9.59 Å². The molecule has 1 saturated carbocycles. The summed E-state index contributed by atoms with van der Waals surface area (Å²) in [5.41, 5.74) is 3.62. The van der Waals surface area contributed by atoms with Crippen LogP contribution in [0.4, 0.5) is 5.69 Å². The molecular weight excluding hydrogens is 262 g/mol. The molecule has 0 aromatic heterocycles. The zero-order valence-corrected chi connectivity index (χ0v) is 12.4. The Morgan fingerprint density at radius 1 is 1.24 bits per heavy atom. The van der Waals surface area contributed by atoms with Gasteiger partial charge in [0.25, 0.3) is 0 Å². The first-order valence-electron chi connectivity index (χ1n) is 7.79. The number of amides is 1. The lowest BCUT2D eigenvalue weighted by Crippen LogP contribution is -2.16. The number of rotatable bonds is 2. The summed E-state index contributed by atoms with van der Waals surface area (Å²) in [6.07, 6.45) is 8.97. The molecule has 0 saturated heterocycles. The van der Waals surface area contributed by atoms with E-state index in [1.807, 2.05) is 18.2 Å². The number of allylic oxidation sites excluding steroid dienone is 2. The third-order valence-corrected chi connectivity index (χ3v) is 4.46. The Bertz CT molecular complexity index is 610. The van der Waals surface area contributed by atoms with E-state index >= 15 is 0 Å². The molecule has 1 aromatic carbocycles. The third kappa shape index (κ3) is 3.07. The van der Waals surface area contributed by atoms with Gasteiger partial charge in [-0.25, -0.2) is 0 Å². The quantitative estimate of drug-likeness (QED) is 0.837. The van der Waals surface area contributed by atoms with Gasteiger partial charge in [0.05, 0.1) is 0 Å².